The summed E-state index contributed by atoms with van der Waals surface area (Å²) in [7, 11) is 1.57. The van der Waals surface area contributed by atoms with Crippen molar-refractivity contribution in [2.45, 2.75) is 12.6 Å². The molecule has 0 bridgehead atoms. The van der Waals surface area contributed by atoms with Crippen LogP contribution in [0.15, 0.2) is 78.8 Å². The Morgan fingerprint density at radius 3 is 2.45 bits per heavy atom. The molecule has 6 heteroatoms. The molecule has 1 aromatic heterocycles. The van der Waals surface area contributed by atoms with Crippen LogP contribution >= 0.6 is 0 Å². The number of ether oxygens (including phenoxy) is 1. The van der Waals surface area contributed by atoms with E-state index in [1.54, 1.807) is 66.9 Å². The van der Waals surface area contributed by atoms with Crippen LogP contribution in [0, 0.1) is 5.82 Å². The van der Waals surface area contributed by atoms with Gasteiger partial charge in [0.05, 0.1) is 13.2 Å². The van der Waals surface area contributed by atoms with Crippen molar-refractivity contribution >= 4 is 11.5 Å². The molecule has 1 unspecified atom stereocenters. The molecule has 1 atom stereocenters. The van der Waals surface area contributed by atoms with Crippen LogP contribution in [-0.4, -0.2) is 28.0 Å². The molecule has 2 aromatic carbocycles. The summed E-state index contributed by atoms with van der Waals surface area (Å²) in [6.07, 6.45) is 3.34. The molecule has 0 spiro atoms. The van der Waals surface area contributed by atoms with Crippen LogP contribution in [0.2, 0.25) is 0 Å². The maximum absolute atomic E-state index is 13.5. The Balaban J connectivity index is 1.80. The van der Waals surface area contributed by atoms with Crippen molar-refractivity contribution in [1.82, 2.24) is 9.88 Å². The molecule has 146 valence electrons. The lowest BCUT2D eigenvalue weighted by Gasteiger charge is -2.27. The smallest absolute Gasteiger partial charge is 0.290 e. The van der Waals surface area contributed by atoms with Crippen molar-refractivity contribution in [3.8, 4) is 5.75 Å². The Bertz CT molecular complexity index is 1050. The minimum atomic E-state index is -0.559. The summed E-state index contributed by atoms with van der Waals surface area (Å²) in [6, 6.07) is 16.2. The van der Waals surface area contributed by atoms with Crippen molar-refractivity contribution in [2.24, 2.45) is 0 Å². The first-order valence-electron chi connectivity index (χ1n) is 9.11. The first kappa shape index (κ1) is 18.7. The zero-order valence-corrected chi connectivity index (χ0v) is 15.7. The fourth-order valence-electron chi connectivity index (χ4n) is 3.56. The second-order valence-corrected chi connectivity index (χ2v) is 6.74. The standard InChI is InChI=1S/C23H19FN2O3/c1-29-19-10-6-16(7-11-19)20-21(17-4-8-18(24)9-5-17)26(23(28)22(20)27)14-15-3-2-12-25-13-15/h2-13,21,27H,14H2,1H3. The predicted molar refractivity (Wildman–Crippen MR) is 106 cm³/mol. The van der Waals surface area contributed by atoms with Gasteiger partial charge in [-0.3, -0.25) is 9.78 Å². The summed E-state index contributed by atoms with van der Waals surface area (Å²) in [5.74, 6) is -0.484. The Morgan fingerprint density at radius 1 is 1.10 bits per heavy atom. The van der Waals surface area contributed by atoms with E-state index < -0.39 is 11.9 Å². The van der Waals surface area contributed by atoms with E-state index in [9.17, 15) is 14.3 Å². The number of amides is 1. The summed E-state index contributed by atoms with van der Waals surface area (Å²) in [6.45, 7) is 0.262. The first-order chi connectivity index (χ1) is 14.1. The zero-order chi connectivity index (χ0) is 20.4. The highest BCUT2D eigenvalue weighted by Gasteiger charge is 2.41. The molecule has 3 aromatic rings. The number of hydrogen-bond donors (Lipinski definition) is 1. The Hall–Kier alpha value is -3.67. The van der Waals surface area contributed by atoms with Gasteiger partial charge < -0.3 is 14.7 Å². The van der Waals surface area contributed by atoms with Gasteiger partial charge in [0.25, 0.3) is 5.91 Å². The van der Waals surface area contributed by atoms with Crippen LogP contribution in [0.5, 0.6) is 5.75 Å². The van der Waals surface area contributed by atoms with E-state index in [0.29, 0.717) is 22.4 Å². The van der Waals surface area contributed by atoms with Gasteiger partial charge in [-0.2, -0.15) is 0 Å². The fraction of sp³-hybridized carbons (Fsp3) is 0.130. The number of benzene rings is 2. The average molecular weight is 390 g/mol. The van der Waals surface area contributed by atoms with Gasteiger partial charge >= 0.3 is 0 Å². The number of halogens is 1. The summed E-state index contributed by atoms with van der Waals surface area (Å²) < 4.78 is 18.7. The number of carbonyl (C=O) groups is 1. The van der Waals surface area contributed by atoms with Gasteiger partial charge in [0.2, 0.25) is 0 Å². The Morgan fingerprint density at radius 2 is 1.83 bits per heavy atom. The van der Waals surface area contributed by atoms with Gasteiger partial charge in [-0.25, -0.2) is 4.39 Å². The number of carbonyl (C=O) groups excluding carboxylic acids is 1. The van der Waals surface area contributed by atoms with Gasteiger partial charge in [0, 0.05) is 24.5 Å². The average Bonchev–Trinajstić information content (AvgIpc) is 3.00. The highest BCUT2D eigenvalue weighted by molar-refractivity contribution is 6.05. The predicted octanol–water partition coefficient (Wildman–Crippen LogP) is 4.28. The topological polar surface area (TPSA) is 62.7 Å². The molecule has 1 amide bonds. The largest absolute Gasteiger partial charge is 0.503 e. The van der Waals surface area contributed by atoms with E-state index in [1.807, 2.05) is 6.07 Å². The van der Waals surface area contributed by atoms with Crippen molar-refractivity contribution in [3.05, 3.63) is 101 Å². The molecule has 0 radical (unpaired) electrons. The van der Waals surface area contributed by atoms with Gasteiger partial charge in [-0.05, 0) is 47.0 Å². The van der Waals surface area contributed by atoms with E-state index >= 15 is 0 Å². The highest BCUT2D eigenvalue weighted by Crippen LogP contribution is 2.43. The monoisotopic (exact) mass is 390 g/mol. The van der Waals surface area contributed by atoms with Crippen LogP contribution in [0.4, 0.5) is 4.39 Å². The maximum Gasteiger partial charge on any atom is 0.290 e. The van der Waals surface area contributed by atoms with Crippen LogP contribution in [0.1, 0.15) is 22.7 Å². The molecule has 0 aliphatic carbocycles. The second kappa shape index (κ2) is 7.75. The van der Waals surface area contributed by atoms with E-state index in [4.69, 9.17) is 4.74 Å². The number of pyridine rings is 1. The SMILES string of the molecule is COc1ccc(C2=C(O)C(=O)N(Cc3cccnc3)C2c2ccc(F)cc2)cc1. The van der Waals surface area contributed by atoms with Gasteiger partial charge in [-0.15, -0.1) is 0 Å². The van der Waals surface area contributed by atoms with Gasteiger partial charge in [-0.1, -0.05) is 30.3 Å². The molecule has 0 saturated carbocycles. The van der Waals surface area contributed by atoms with Crippen molar-refractivity contribution in [1.29, 1.82) is 0 Å². The molecular formula is C23H19FN2O3. The lowest BCUT2D eigenvalue weighted by molar-refractivity contribution is -0.130. The summed E-state index contributed by atoms with van der Waals surface area (Å²) in [5, 5.41) is 10.7. The number of aliphatic hydroxyl groups is 1. The van der Waals surface area contributed by atoms with Gasteiger partial charge in [0.15, 0.2) is 5.76 Å². The van der Waals surface area contributed by atoms with Crippen molar-refractivity contribution < 1.29 is 19.0 Å². The number of nitrogens with zero attached hydrogens (tertiary/aromatic N) is 2. The number of rotatable bonds is 5. The normalized spacial score (nSPS) is 16.4. The first-order valence-corrected chi connectivity index (χ1v) is 9.11. The third kappa shape index (κ3) is 3.57. The Labute approximate surface area is 167 Å². The van der Waals surface area contributed by atoms with Crippen LogP contribution in [0.3, 0.4) is 0 Å². The summed E-state index contributed by atoms with van der Waals surface area (Å²) >= 11 is 0. The lowest BCUT2D eigenvalue weighted by atomic mass is 9.93. The van der Waals surface area contributed by atoms with E-state index in [1.165, 1.54) is 12.1 Å². The third-order valence-corrected chi connectivity index (χ3v) is 4.97. The highest BCUT2D eigenvalue weighted by atomic mass is 19.1. The molecule has 0 saturated heterocycles. The third-order valence-electron chi connectivity index (χ3n) is 4.97. The minimum absolute atomic E-state index is 0.262. The van der Waals surface area contributed by atoms with E-state index in [0.717, 1.165) is 5.56 Å². The maximum atomic E-state index is 13.5. The second-order valence-electron chi connectivity index (χ2n) is 6.74. The van der Waals surface area contributed by atoms with Crippen molar-refractivity contribution in [2.75, 3.05) is 7.11 Å². The zero-order valence-electron chi connectivity index (χ0n) is 15.7. The molecular weight excluding hydrogens is 371 g/mol. The quantitative estimate of drug-likeness (QED) is 0.706. The molecule has 2 heterocycles. The molecule has 0 fully saturated rings. The minimum Gasteiger partial charge on any atom is -0.503 e. The summed E-state index contributed by atoms with van der Waals surface area (Å²) in [5.41, 5.74) is 2.71. The van der Waals surface area contributed by atoms with E-state index in [2.05, 4.69) is 4.98 Å². The lowest BCUT2D eigenvalue weighted by Crippen LogP contribution is -2.29. The molecule has 1 aliphatic heterocycles. The molecule has 1 N–H and O–H groups in total. The molecule has 1 aliphatic rings. The number of hydrogen-bond acceptors (Lipinski definition) is 4. The van der Waals surface area contributed by atoms with Crippen molar-refractivity contribution in [3.63, 3.8) is 0 Å². The molecule has 29 heavy (non-hydrogen) atoms. The van der Waals surface area contributed by atoms with Crippen LogP contribution < -0.4 is 4.74 Å². The fourth-order valence-corrected chi connectivity index (χ4v) is 3.56. The number of aliphatic hydroxyl groups excluding tert-OH is 1. The Kier molecular flexibility index (Phi) is 4.99. The van der Waals surface area contributed by atoms with Gasteiger partial charge in [0.1, 0.15) is 11.6 Å². The molecule has 5 nitrogen and oxygen atoms in total. The molecule has 4 rings (SSSR count). The van der Waals surface area contributed by atoms with Crippen LogP contribution in [-0.2, 0) is 11.3 Å². The van der Waals surface area contributed by atoms with Crippen LogP contribution in [0.25, 0.3) is 5.57 Å². The number of aromatic nitrogens is 1. The number of methoxy groups -OCH3 is 1. The summed E-state index contributed by atoms with van der Waals surface area (Å²) in [4.78, 5) is 18.6. The van der Waals surface area contributed by atoms with E-state index in [-0.39, 0.29) is 18.1 Å².